The summed E-state index contributed by atoms with van der Waals surface area (Å²) in [5.74, 6) is -1.60. The van der Waals surface area contributed by atoms with E-state index in [4.69, 9.17) is 32.7 Å². The summed E-state index contributed by atoms with van der Waals surface area (Å²) in [5, 5.41) is 0.843. The monoisotopic (exact) mass is 491 g/mol. The molecular weight excluding hydrogens is 481 g/mol. The maximum Gasteiger partial charge on any atom is 0.337 e. The van der Waals surface area contributed by atoms with Crippen LogP contribution >= 0.6 is 39.1 Å². The second kappa shape index (κ2) is 6.90. The van der Waals surface area contributed by atoms with E-state index < -0.39 is 17.9 Å². The Morgan fingerprint density at radius 1 is 0.897 bits per heavy atom. The van der Waals surface area contributed by atoms with E-state index in [0.717, 1.165) is 10.2 Å². The molecule has 0 unspecified atom stereocenters. The fraction of sp³-hybridized carbons (Fsp3) is 0.143. The first-order valence-corrected chi connectivity index (χ1v) is 10.3. The predicted molar refractivity (Wildman–Crippen MR) is 112 cm³/mol. The Morgan fingerprint density at radius 2 is 1.48 bits per heavy atom. The average molecular weight is 493 g/mol. The number of nitrogens with zero attached hydrogens (tertiary/aromatic N) is 1. The molecule has 0 saturated carbocycles. The highest BCUT2D eigenvalue weighted by molar-refractivity contribution is 9.10. The highest BCUT2D eigenvalue weighted by Gasteiger charge is 2.49. The molecule has 0 aromatic heterocycles. The van der Waals surface area contributed by atoms with E-state index in [1.807, 2.05) is 29.2 Å². The van der Waals surface area contributed by atoms with E-state index in [2.05, 4.69) is 15.9 Å². The highest BCUT2D eigenvalue weighted by atomic mass is 79.9. The molecular formula is C21H12BrCl2NO4. The minimum absolute atomic E-state index is 0.108. The van der Waals surface area contributed by atoms with Gasteiger partial charge >= 0.3 is 11.9 Å². The van der Waals surface area contributed by atoms with Gasteiger partial charge < -0.3 is 14.4 Å². The van der Waals surface area contributed by atoms with E-state index >= 15 is 0 Å². The van der Waals surface area contributed by atoms with E-state index in [1.54, 1.807) is 18.2 Å². The third kappa shape index (κ3) is 2.89. The van der Waals surface area contributed by atoms with Crippen molar-refractivity contribution in [1.82, 2.24) is 0 Å². The normalized spacial score (nSPS) is 18.8. The molecule has 29 heavy (non-hydrogen) atoms. The SMILES string of the molecule is O=C1OCC2=C1C(c1ccc(Cl)cc1Cl)C1=C(COC1=O)N2c1ccc(Br)cc1. The second-order valence-electron chi connectivity index (χ2n) is 6.78. The molecule has 3 heterocycles. The van der Waals surface area contributed by atoms with E-state index in [1.165, 1.54) is 0 Å². The Kier molecular flexibility index (Phi) is 4.46. The Bertz CT molecular complexity index is 1100. The summed E-state index contributed by atoms with van der Waals surface area (Å²) in [6.07, 6.45) is 0. The summed E-state index contributed by atoms with van der Waals surface area (Å²) in [7, 11) is 0. The Labute approximate surface area is 184 Å². The van der Waals surface area contributed by atoms with Gasteiger partial charge in [-0.15, -0.1) is 0 Å². The second-order valence-corrected chi connectivity index (χ2v) is 8.54. The maximum absolute atomic E-state index is 12.7. The van der Waals surface area contributed by atoms with E-state index in [-0.39, 0.29) is 13.2 Å². The van der Waals surface area contributed by atoms with E-state index in [0.29, 0.717) is 38.1 Å². The van der Waals surface area contributed by atoms with Crippen LogP contribution in [0, 0.1) is 0 Å². The fourth-order valence-corrected chi connectivity index (χ4v) is 4.79. The number of rotatable bonds is 2. The van der Waals surface area contributed by atoms with Crippen molar-refractivity contribution in [3.63, 3.8) is 0 Å². The maximum atomic E-state index is 12.7. The number of esters is 2. The highest BCUT2D eigenvalue weighted by Crippen LogP contribution is 2.50. The first-order valence-electron chi connectivity index (χ1n) is 8.76. The van der Waals surface area contributed by atoms with Gasteiger partial charge in [0.1, 0.15) is 13.2 Å². The quantitative estimate of drug-likeness (QED) is 0.553. The molecule has 2 aromatic carbocycles. The lowest BCUT2D eigenvalue weighted by molar-refractivity contribution is -0.136. The van der Waals surface area contributed by atoms with Gasteiger partial charge in [-0.3, -0.25) is 0 Å². The number of carbonyl (C=O) groups is 2. The zero-order valence-corrected chi connectivity index (χ0v) is 17.8. The van der Waals surface area contributed by atoms with Crippen LogP contribution < -0.4 is 4.90 Å². The van der Waals surface area contributed by atoms with Crippen LogP contribution in [0.3, 0.4) is 0 Å². The van der Waals surface area contributed by atoms with Gasteiger partial charge in [0.2, 0.25) is 0 Å². The molecule has 5 nitrogen and oxygen atoms in total. The minimum atomic E-state index is -0.665. The Balaban J connectivity index is 1.76. The largest absolute Gasteiger partial charge is 0.456 e. The van der Waals surface area contributed by atoms with Crippen molar-refractivity contribution in [2.75, 3.05) is 18.1 Å². The lowest BCUT2D eigenvalue weighted by Crippen LogP contribution is -2.32. The zero-order valence-electron chi connectivity index (χ0n) is 14.7. The number of anilines is 1. The molecule has 0 radical (unpaired) electrons. The molecule has 0 atom stereocenters. The summed E-state index contributed by atoms with van der Waals surface area (Å²) >= 11 is 15.9. The minimum Gasteiger partial charge on any atom is -0.456 e. The average Bonchev–Trinajstić information content (AvgIpc) is 3.25. The molecule has 0 N–H and O–H groups in total. The topological polar surface area (TPSA) is 55.8 Å². The Morgan fingerprint density at radius 3 is 2.03 bits per heavy atom. The zero-order chi connectivity index (χ0) is 20.3. The molecule has 0 spiro atoms. The van der Waals surface area contributed by atoms with Gasteiger partial charge in [-0.2, -0.15) is 0 Å². The Hall–Kier alpha value is -2.28. The van der Waals surface area contributed by atoms with Crippen molar-refractivity contribution in [2.45, 2.75) is 5.92 Å². The predicted octanol–water partition coefficient (Wildman–Crippen LogP) is 4.98. The molecule has 3 aliphatic heterocycles. The number of benzene rings is 2. The summed E-state index contributed by atoms with van der Waals surface area (Å²) in [6.45, 7) is 0.216. The van der Waals surface area contributed by atoms with Gasteiger partial charge in [-0.05, 0) is 42.0 Å². The number of hydrogen-bond donors (Lipinski definition) is 0. The van der Waals surface area contributed by atoms with Crippen molar-refractivity contribution < 1.29 is 19.1 Å². The van der Waals surface area contributed by atoms with Crippen molar-refractivity contribution >= 4 is 56.8 Å². The van der Waals surface area contributed by atoms with Crippen LogP contribution in [-0.2, 0) is 19.1 Å². The molecule has 0 fully saturated rings. The molecule has 0 saturated heterocycles. The summed E-state index contributed by atoms with van der Waals surface area (Å²) in [6, 6.07) is 12.6. The van der Waals surface area contributed by atoms with Gasteiger partial charge in [0.15, 0.2) is 0 Å². The van der Waals surface area contributed by atoms with Gasteiger partial charge in [-0.1, -0.05) is 45.2 Å². The van der Waals surface area contributed by atoms with Gasteiger partial charge in [0.05, 0.1) is 28.5 Å². The van der Waals surface area contributed by atoms with Crippen LogP contribution in [0.25, 0.3) is 0 Å². The lowest BCUT2D eigenvalue weighted by atomic mass is 9.80. The van der Waals surface area contributed by atoms with Crippen molar-refractivity contribution in [1.29, 1.82) is 0 Å². The number of ether oxygens (including phenoxy) is 2. The third-order valence-electron chi connectivity index (χ3n) is 5.22. The smallest absolute Gasteiger partial charge is 0.337 e. The van der Waals surface area contributed by atoms with Crippen molar-refractivity contribution in [3.05, 3.63) is 85.1 Å². The van der Waals surface area contributed by atoms with Crippen LogP contribution in [0.15, 0.2) is 69.5 Å². The number of carbonyl (C=O) groups excluding carboxylic acids is 2. The number of halogens is 3. The van der Waals surface area contributed by atoms with Crippen LogP contribution in [0.5, 0.6) is 0 Å². The fourth-order valence-electron chi connectivity index (χ4n) is 4.01. The van der Waals surface area contributed by atoms with Gasteiger partial charge in [0.25, 0.3) is 0 Å². The standard InChI is InChI=1S/C21H12BrCl2NO4/c22-10-1-4-12(5-2-10)25-15-8-28-20(26)18(15)17(19-16(25)9-29-21(19)27)13-6-3-11(23)7-14(13)24/h1-7,17H,8-9H2. The van der Waals surface area contributed by atoms with Crippen LogP contribution in [0.1, 0.15) is 11.5 Å². The van der Waals surface area contributed by atoms with Gasteiger partial charge in [0, 0.05) is 20.2 Å². The lowest BCUT2D eigenvalue weighted by Gasteiger charge is -2.33. The third-order valence-corrected chi connectivity index (χ3v) is 6.31. The molecule has 146 valence electrons. The first kappa shape index (κ1) is 18.7. The summed E-state index contributed by atoms with van der Waals surface area (Å²) < 4.78 is 11.7. The van der Waals surface area contributed by atoms with Crippen LogP contribution in [0.2, 0.25) is 10.0 Å². The van der Waals surface area contributed by atoms with Crippen LogP contribution in [0.4, 0.5) is 5.69 Å². The van der Waals surface area contributed by atoms with Crippen molar-refractivity contribution in [3.8, 4) is 0 Å². The molecule has 8 heteroatoms. The van der Waals surface area contributed by atoms with Crippen molar-refractivity contribution in [2.24, 2.45) is 0 Å². The molecule has 2 aromatic rings. The number of hydrogen-bond acceptors (Lipinski definition) is 5. The molecule has 0 bridgehead atoms. The van der Waals surface area contributed by atoms with Crippen LogP contribution in [-0.4, -0.2) is 25.2 Å². The summed E-state index contributed by atoms with van der Waals surface area (Å²) in [5.41, 5.74) is 3.59. The number of cyclic esters (lactones) is 2. The van der Waals surface area contributed by atoms with Gasteiger partial charge in [-0.25, -0.2) is 9.59 Å². The molecule has 3 aliphatic rings. The molecule has 5 rings (SSSR count). The molecule has 0 amide bonds. The first-order chi connectivity index (χ1) is 14.0. The summed E-state index contributed by atoms with van der Waals surface area (Å²) in [4.78, 5) is 27.4. The van der Waals surface area contributed by atoms with E-state index in [9.17, 15) is 9.59 Å². The molecule has 0 aliphatic carbocycles.